The standard InChI is InChI=1S/C9H16F3N3O2/c1-6-4-15(2-3-17-6)5-7(8(13)14-16)9(10,11)12/h6-7,16H,2-5H2,1H3,(H2,13,14). The molecule has 0 spiro atoms. The molecule has 0 bridgehead atoms. The van der Waals surface area contributed by atoms with Crippen LogP contribution in [0.1, 0.15) is 6.92 Å². The van der Waals surface area contributed by atoms with Crippen molar-refractivity contribution in [2.75, 3.05) is 26.2 Å². The van der Waals surface area contributed by atoms with E-state index in [9.17, 15) is 13.2 Å². The number of nitrogens with zero attached hydrogens (tertiary/aromatic N) is 2. The lowest BCUT2D eigenvalue weighted by Gasteiger charge is -2.33. The molecule has 1 heterocycles. The quantitative estimate of drug-likeness (QED) is 0.336. The fourth-order valence-electron chi connectivity index (χ4n) is 1.75. The monoisotopic (exact) mass is 255 g/mol. The summed E-state index contributed by atoms with van der Waals surface area (Å²) in [5.41, 5.74) is 5.08. The molecule has 17 heavy (non-hydrogen) atoms. The largest absolute Gasteiger partial charge is 0.409 e. The summed E-state index contributed by atoms with van der Waals surface area (Å²) in [4.78, 5) is 1.60. The number of alkyl halides is 3. The van der Waals surface area contributed by atoms with Crippen molar-refractivity contribution in [2.45, 2.75) is 19.2 Å². The summed E-state index contributed by atoms with van der Waals surface area (Å²) in [6.45, 7) is 2.69. The van der Waals surface area contributed by atoms with Gasteiger partial charge in [-0.25, -0.2) is 0 Å². The van der Waals surface area contributed by atoms with Gasteiger partial charge in [-0.1, -0.05) is 5.16 Å². The minimum absolute atomic E-state index is 0.107. The highest BCUT2D eigenvalue weighted by molar-refractivity contribution is 5.83. The molecule has 3 N–H and O–H groups in total. The van der Waals surface area contributed by atoms with Gasteiger partial charge < -0.3 is 15.7 Å². The van der Waals surface area contributed by atoms with Gasteiger partial charge in [0.1, 0.15) is 5.92 Å². The van der Waals surface area contributed by atoms with Crippen LogP contribution in [0.25, 0.3) is 0 Å². The predicted molar refractivity (Wildman–Crippen MR) is 54.8 cm³/mol. The maximum atomic E-state index is 12.7. The number of morpholine rings is 1. The van der Waals surface area contributed by atoms with Crippen molar-refractivity contribution in [2.24, 2.45) is 16.8 Å². The molecule has 1 saturated heterocycles. The van der Waals surface area contributed by atoms with E-state index in [2.05, 4.69) is 5.16 Å². The van der Waals surface area contributed by atoms with Gasteiger partial charge in [0, 0.05) is 19.6 Å². The van der Waals surface area contributed by atoms with Crippen LogP contribution in [-0.4, -0.2) is 54.5 Å². The van der Waals surface area contributed by atoms with Crippen LogP contribution in [0.15, 0.2) is 5.16 Å². The lowest BCUT2D eigenvalue weighted by atomic mass is 10.1. The van der Waals surface area contributed by atoms with Gasteiger partial charge in [-0.3, -0.25) is 4.90 Å². The van der Waals surface area contributed by atoms with Crippen LogP contribution >= 0.6 is 0 Å². The Morgan fingerprint density at radius 3 is 2.76 bits per heavy atom. The first-order valence-corrected chi connectivity index (χ1v) is 5.22. The normalized spacial score (nSPS) is 25.9. The Hall–Kier alpha value is -1.02. The lowest BCUT2D eigenvalue weighted by molar-refractivity contribution is -0.163. The second kappa shape index (κ2) is 5.54. The van der Waals surface area contributed by atoms with Gasteiger partial charge in [-0.15, -0.1) is 0 Å². The number of oxime groups is 1. The van der Waals surface area contributed by atoms with Gasteiger partial charge in [0.05, 0.1) is 12.7 Å². The first kappa shape index (κ1) is 14.0. The average Bonchev–Trinajstić information content (AvgIpc) is 2.23. The van der Waals surface area contributed by atoms with E-state index in [0.29, 0.717) is 19.7 Å². The molecule has 100 valence electrons. The van der Waals surface area contributed by atoms with E-state index in [1.165, 1.54) is 0 Å². The van der Waals surface area contributed by atoms with Crippen molar-refractivity contribution in [3.63, 3.8) is 0 Å². The number of ether oxygens (including phenoxy) is 1. The van der Waals surface area contributed by atoms with Crippen LogP contribution in [0.5, 0.6) is 0 Å². The van der Waals surface area contributed by atoms with E-state index in [1.807, 2.05) is 0 Å². The Morgan fingerprint density at radius 1 is 1.65 bits per heavy atom. The fraction of sp³-hybridized carbons (Fsp3) is 0.889. The van der Waals surface area contributed by atoms with E-state index in [-0.39, 0.29) is 12.6 Å². The third-order valence-electron chi connectivity index (χ3n) is 2.63. The van der Waals surface area contributed by atoms with E-state index >= 15 is 0 Å². The molecule has 5 nitrogen and oxygen atoms in total. The highest BCUT2D eigenvalue weighted by Gasteiger charge is 2.44. The number of rotatable bonds is 3. The zero-order valence-corrected chi connectivity index (χ0v) is 9.44. The van der Waals surface area contributed by atoms with Crippen molar-refractivity contribution in [1.82, 2.24) is 4.90 Å². The topological polar surface area (TPSA) is 71.1 Å². The molecule has 0 aliphatic carbocycles. The number of halogens is 3. The summed E-state index contributed by atoms with van der Waals surface area (Å²) < 4.78 is 43.3. The minimum Gasteiger partial charge on any atom is -0.409 e. The number of hydrogen-bond donors (Lipinski definition) is 2. The molecule has 8 heteroatoms. The van der Waals surface area contributed by atoms with Crippen LogP contribution in [0.2, 0.25) is 0 Å². The van der Waals surface area contributed by atoms with Crippen molar-refractivity contribution >= 4 is 5.84 Å². The van der Waals surface area contributed by atoms with Crippen LogP contribution in [0, 0.1) is 5.92 Å². The van der Waals surface area contributed by atoms with E-state index < -0.39 is 17.9 Å². The zero-order valence-electron chi connectivity index (χ0n) is 9.44. The zero-order chi connectivity index (χ0) is 13.1. The number of hydrogen-bond acceptors (Lipinski definition) is 4. The lowest BCUT2D eigenvalue weighted by Crippen LogP contribution is -2.49. The van der Waals surface area contributed by atoms with Crippen LogP contribution in [-0.2, 0) is 4.74 Å². The summed E-state index contributed by atoms with van der Waals surface area (Å²) in [7, 11) is 0. The summed E-state index contributed by atoms with van der Waals surface area (Å²) in [5.74, 6) is -2.76. The van der Waals surface area contributed by atoms with Gasteiger partial charge in [-0.05, 0) is 6.92 Å². The maximum absolute atomic E-state index is 12.7. The molecule has 0 aromatic rings. The molecule has 2 atom stereocenters. The van der Waals surface area contributed by atoms with Gasteiger partial charge in [0.15, 0.2) is 5.84 Å². The molecular weight excluding hydrogens is 239 g/mol. The Kier molecular flexibility index (Phi) is 4.58. The fourth-order valence-corrected chi connectivity index (χ4v) is 1.75. The molecule has 1 aliphatic rings. The van der Waals surface area contributed by atoms with E-state index in [0.717, 1.165) is 0 Å². The van der Waals surface area contributed by atoms with E-state index in [4.69, 9.17) is 15.7 Å². The van der Waals surface area contributed by atoms with Crippen LogP contribution < -0.4 is 5.73 Å². The SMILES string of the molecule is CC1CN(CC(C(N)=NO)C(F)(F)F)CCO1. The molecule has 0 radical (unpaired) electrons. The highest BCUT2D eigenvalue weighted by Crippen LogP contribution is 2.27. The summed E-state index contributed by atoms with van der Waals surface area (Å²) in [5, 5.41) is 10.8. The third kappa shape index (κ3) is 4.04. The van der Waals surface area contributed by atoms with Crippen molar-refractivity contribution < 1.29 is 23.1 Å². The Balaban J connectivity index is 2.66. The second-order valence-corrected chi connectivity index (χ2v) is 4.06. The highest BCUT2D eigenvalue weighted by atomic mass is 19.4. The molecule has 0 aromatic heterocycles. The van der Waals surface area contributed by atoms with Gasteiger partial charge >= 0.3 is 6.18 Å². The van der Waals surface area contributed by atoms with Crippen LogP contribution in [0.3, 0.4) is 0 Å². The average molecular weight is 255 g/mol. The minimum atomic E-state index is -4.52. The molecule has 1 fully saturated rings. The van der Waals surface area contributed by atoms with Crippen molar-refractivity contribution in [3.8, 4) is 0 Å². The first-order valence-electron chi connectivity index (χ1n) is 5.22. The summed E-state index contributed by atoms with van der Waals surface area (Å²) in [6.07, 6.45) is -4.62. The third-order valence-corrected chi connectivity index (χ3v) is 2.63. The molecule has 0 saturated carbocycles. The smallest absolute Gasteiger partial charge is 0.400 e. The van der Waals surface area contributed by atoms with E-state index in [1.54, 1.807) is 11.8 Å². The summed E-state index contributed by atoms with van der Waals surface area (Å²) >= 11 is 0. The molecule has 1 aliphatic heterocycles. The Bertz CT molecular complexity index is 283. The van der Waals surface area contributed by atoms with Crippen molar-refractivity contribution in [3.05, 3.63) is 0 Å². The molecule has 2 unspecified atom stereocenters. The summed E-state index contributed by atoms with van der Waals surface area (Å²) in [6, 6.07) is 0. The number of amidine groups is 1. The molecular formula is C9H16F3N3O2. The second-order valence-electron chi connectivity index (χ2n) is 4.06. The molecule has 0 aromatic carbocycles. The van der Waals surface area contributed by atoms with Gasteiger partial charge in [0.25, 0.3) is 0 Å². The Morgan fingerprint density at radius 2 is 2.29 bits per heavy atom. The van der Waals surface area contributed by atoms with Gasteiger partial charge in [-0.2, -0.15) is 13.2 Å². The number of nitrogens with two attached hydrogens (primary N) is 1. The first-order chi connectivity index (χ1) is 7.84. The Labute approximate surface area is 97.0 Å². The predicted octanol–water partition coefficient (Wildman–Crippen LogP) is 0.632. The molecule has 1 rings (SSSR count). The maximum Gasteiger partial charge on any atom is 0.400 e. The van der Waals surface area contributed by atoms with Gasteiger partial charge in [0.2, 0.25) is 0 Å². The van der Waals surface area contributed by atoms with Crippen LogP contribution in [0.4, 0.5) is 13.2 Å². The molecule has 0 amide bonds. The van der Waals surface area contributed by atoms with Crippen molar-refractivity contribution in [1.29, 1.82) is 0 Å².